The number of nitrogens with zero attached hydrogens (tertiary/aromatic N) is 6. The number of aryl methyl sites for hydroxylation is 1. The molecule has 0 saturated carbocycles. The fourth-order valence-electron chi connectivity index (χ4n) is 2.01. The Balaban J connectivity index is 1.93. The van der Waals surface area contributed by atoms with Crippen LogP contribution in [0.4, 0.5) is 5.82 Å². The van der Waals surface area contributed by atoms with Crippen molar-refractivity contribution in [3.63, 3.8) is 0 Å². The summed E-state index contributed by atoms with van der Waals surface area (Å²) in [6, 6.07) is 3.98. The van der Waals surface area contributed by atoms with Gasteiger partial charge in [0.05, 0.1) is 6.54 Å². The minimum Gasteiger partial charge on any atom is -0.362 e. The standard InChI is InChI=1S/C14H22N8/c1-15-14(18-9-12-19-10-20-22(12)4)17-8-11-6-5-7-16-13(11)21(2)3/h5-7,10H,8-9H2,1-4H3,(H2,15,17,18). The van der Waals surface area contributed by atoms with Crippen molar-refractivity contribution in [1.29, 1.82) is 0 Å². The quantitative estimate of drug-likeness (QED) is 0.604. The van der Waals surface area contributed by atoms with Crippen molar-refractivity contribution in [3.05, 3.63) is 36.0 Å². The number of hydrogen-bond donors (Lipinski definition) is 2. The maximum Gasteiger partial charge on any atom is 0.191 e. The lowest BCUT2D eigenvalue weighted by atomic mass is 10.2. The molecule has 22 heavy (non-hydrogen) atoms. The fraction of sp³-hybridized carbons (Fsp3) is 0.429. The van der Waals surface area contributed by atoms with Crippen LogP contribution in [0.1, 0.15) is 11.4 Å². The first-order valence-corrected chi connectivity index (χ1v) is 7.00. The van der Waals surface area contributed by atoms with Crippen molar-refractivity contribution >= 4 is 11.8 Å². The van der Waals surface area contributed by atoms with Gasteiger partial charge in [-0.05, 0) is 6.07 Å². The molecule has 2 aromatic rings. The molecule has 0 aliphatic heterocycles. The van der Waals surface area contributed by atoms with E-state index >= 15 is 0 Å². The van der Waals surface area contributed by atoms with Crippen LogP contribution in [0.25, 0.3) is 0 Å². The summed E-state index contributed by atoms with van der Waals surface area (Å²) in [5.41, 5.74) is 1.11. The van der Waals surface area contributed by atoms with Crippen LogP contribution in [0.2, 0.25) is 0 Å². The molecule has 0 aliphatic carbocycles. The maximum atomic E-state index is 4.38. The Morgan fingerprint density at radius 3 is 2.68 bits per heavy atom. The number of rotatable bonds is 5. The van der Waals surface area contributed by atoms with E-state index in [1.54, 1.807) is 17.9 Å². The van der Waals surface area contributed by atoms with E-state index in [-0.39, 0.29) is 0 Å². The molecule has 0 aliphatic rings. The summed E-state index contributed by atoms with van der Waals surface area (Å²) in [4.78, 5) is 14.8. The van der Waals surface area contributed by atoms with Gasteiger partial charge in [-0.3, -0.25) is 9.67 Å². The Kier molecular flexibility index (Phi) is 5.29. The third kappa shape index (κ3) is 3.94. The van der Waals surface area contributed by atoms with E-state index in [0.717, 1.165) is 17.2 Å². The fourth-order valence-corrected chi connectivity index (χ4v) is 2.01. The second-order valence-electron chi connectivity index (χ2n) is 4.96. The number of pyridine rings is 1. The predicted octanol–water partition coefficient (Wildman–Crippen LogP) is 0.141. The SMILES string of the molecule is CN=C(NCc1cccnc1N(C)C)NCc1ncnn1C. The Bertz CT molecular complexity index is 631. The van der Waals surface area contributed by atoms with Crippen molar-refractivity contribution in [2.24, 2.45) is 12.0 Å². The van der Waals surface area contributed by atoms with Gasteiger partial charge in [0.2, 0.25) is 0 Å². The second-order valence-corrected chi connectivity index (χ2v) is 4.96. The summed E-state index contributed by atoms with van der Waals surface area (Å²) < 4.78 is 1.73. The Labute approximate surface area is 130 Å². The van der Waals surface area contributed by atoms with E-state index in [9.17, 15) is 0 Å². The summed E-state index contributed by atoms with van der Waals surface area (Å²) >= 11 is 0. The summed E-state index contributed by atoms with van der Waals surface area (Å²) in [7, 11) is 7.56. The van der Waals surface area contributed by atoms with Crippen LogP contribution in [0.15, 0.2) is 29.6 Å². The monoisotopic (exact) mass is 302 g/mol. The van der Waals surface area contributed by atoms with Crippen LogP contribution in [0, 0.1) is 0 Å². The third-order valence-corrected chi connectivity index (χ3v) is 3.18. The topological polar surface area (TPSA) is 83.3 Å². The van der Waals surface area contributed by atoms with Crippen LogP contribution in [-0.4, -0.2) is 46.9 Å². The Morgan fingerprint density at radius 1 is 1.27 bits per heavy atom. The van der Waals surface area contributed by atoms with Gasteiger partial charge in [-0.25, -0.2) is 9.97 Å². The van der Waals surface area contributed by atoms with Crippen LogP contribution in [0.3, 0.4) is 0 Å². The largest absolute Gasteiger partial charge is 0.362 e. The van der Waals surface area contributed by atoms with Gasteiger partial charge < -0.3 is 15.5 Å². The van der Waals surface area contributed by atoms with Gasteiger partial charge in [0, 0.05) is 46.5 Å². The molecule has 0 saturated heterocycles. The molecular formula is C14H22N8. The van der Waals surface area contributed by atoms with Gasteiger partial charge >= 0.3 is 0 Å². The van der Waals surface area contributed by atoms with Gasteiger partial charge in [0.1, 0.15) is 18.0 Å². The molecule has 2 aromatic heterocycles. The van der Waals surface area contributed by atoms with Crippen molar-refractivity contribution in [1.82, 2.24) is 30.4 Å². The molecule has 8 heteroatoms. The smallest absolute Gasteiger partial charge is 0.191 e. The van der Waals surface area contributed by atoms with Crippen molar-refractivity contribution in [3.8, 4) is 0 Å². The molecule has 0 atom stereocenters. The molecule has 0 spiro atoms. The molecule has 0 aromatic carbocycles. The van der Waals surface area contributed by atoms with E-state index < -0.39 is 0 Å². The van der Waals surface area contributed by atoms with Crippen molar-refractivity contribution in [2.45, 2.75) is 13.1 Å². The first kappa shape index (κ1) is 15.7. The minimum atomic E-state index is 0.559. The lowest BCUT2D eigenvalue weighted by molar-refractivity contribution is 0.672. The van der Waals surface area contributed by atoms with E-state index in [4.69, 9.17) is 0 Å². The summed E-state index contributed by atoms with van der Waals surface area (Å²) in [6.07, 6.45) is 3.33. The highest BCUT2D eigenvalue weighted by atomic mass is 15.3. The third-order valence-electron chi connectivity index (χ3n) is 3.18. The average Bonchev–Trinajstić information content (AvgIpc) is 2.93. The van der Waals surface area contributed by atoms with E-state index in [2.05, 4.69) is 30.7 Å². The maximum absolute atomic E-state index is 4.38. The van der Waals surface area contributed by atoms with E-state index in [1.807, 2.05) is 38.2 Å². The van der Waals surface area contributed by atoms with Gasteiger partial charge in [-0.15, -0.1) is 0 Å². The molecule has 0 unspecified atom stereocenters. The number of anilines is 1. The lowest BCUT2D eigenvalue weighted by Crippen LogP contribution is -2.37. The zero-order chi connectivity index (χ0) is 15.9. The Morgan fingerprint density at radius 2 is 2.05 bits per heavy atom. The molecule has 0 radical (unpaired) electrons. The molecule has 2 N–H and O–H groups in total. The summed E-state index contributed by atoms with van der Waals surface area (Å²) in [5.74, 6) is 2.49. The molecule has 118 valence electrons. The number of hydrogen-bond acceptors (Lipinski definition) is 5. The molecule has 2 heterocycles. The normalized spacial score (nSPS) is 11.4. The number of guanidine groups is 1. The number of aromatic nitrogens is 4. The van der Waals surface area contributed by atoms with Gasteiger partial charge in [-0.1, -0.05) is 6.07 Å². The van der Waals surface area contributed by atoms with Crippen molar-refractivity contribution in [2.75, 3.05) is 26.0 Å². The highest BCUT2D eigenvalue weighted by Gasteiger charge is 2.07. The minimum absolute atomic E-state index is 0.559. The second kappa shape index (κ2) is 7.39. The number of aliphatic imine (C=N–C) groups is 1. The highest BCUT2D eigenvalue weighted by molar-refractivity contribution is 5.79. The molecule has 0 bridgehead atoms. The zero-order valence-electron chi connectivity index (χ0n) is 13.4. The summed E-state index contributed by atoms with van der Waals surface area (Å²) in [5, 5.41) is 10.5. The highest BCUT2D eigenvalue weighted by Crippen LogP contribution is 2.13. The van der Waals surface area contributed by atoms with Crippen molar-refractivity contribution < 1.29 is 0 Å². The average molecular weight is 302 g/mol. The van der Waals surface area contributed by atoms with Gasteiger partial charge in [0.25, 0.3) is 0 Å². The van der Waals surface area contributed by atoms with E-state index in [0.29, 0.717) is 19.0 Å². The van der Waals surface area contributed by atoms with E-state index in [1.165, 1.54) is 6.33 Å². The first-order valence-electron chi connectivity index (χ1n) is 7.00. The van der Waals surface area contributed by atoms with Crippen LogP contribution in [0.5, 0.6) is 0 Å². The van der Waals surface area contributed by atoms with Gasteiger partial charge in [0.15, 0.2) is 5.96 Å². The molecular weight excluding hydrogens is 280 g/mol. The number of nitrogens with one attached hydrogen (secondary N) is 2. The summed E-state index contributed by atoms with van der Waals surface area (Å²) in [6.45, 7) is 1.20. The molecule has 0 amide bonds. The van der Waals surface area contributed by atoms with Crippen LogP contribution >= 0.6 is 0 Å². The van der Waals surface area contributed by atoms with Gasteiger partial charge in [-0.2, -0.15) is 5.10 Å². The predicted molar refractivity (Wildman–Crippen MR) is 86.6 cm³/mol. The zero-order valence-corrected chi connectivity index (χ0v) is 13.4. The molecule has 2 rings (SSSR count). The molecule has 8 nitrogen and oxygen atoms in total. The van der Waals surface area contributed by atoms with Crippen LogP contribution in [-0.2, 0) is 20.1 Å². The molecule has 0 fully saturated rings. The van der Waals surface area contributed by atoms with Crippen LogP contribution < -0.4 is 15.5 Å². The lowest BCUT2D eigenvalue weighted by Gasteiger charge is -2.17. The Hall–Kier alpha value is -2.64. The first-order chi connectivity index (χ1) is 10.6.